The molecule has 0 aromatic heterocycles. The minimum atomic E-state index is -3.54. The SMILES string of the molecule is CC(C)(C)COC(C)(C)C(=O)NS(C)(=O)=O. The lowest BCUT2D eigenvalue weighted by Crippen LogP contribution is -2.47. The molecule has 16 heavy (non-hydrogen) atoms. The van der Waals surface area contributed by atoms with Crippen molar-refractivity contribution in [2.24, 2.45) is 5.41 Å². The molecule has 0 rings (SSSR count). The molecule has 6 heteroatoms. The Morgan fingerprint density at radius 3 is 1.94 bits per heavy atom. The number of hydrogen-bond donors (Lipinski definition) is 1. The molecule has 0 radical (unpaired) electrons. The molecule has 0 saturated heterocycles. The van der Waals surface area contributed by atoms with Gasteiger partial charge < -0.3 is 4.74 Å². The molecule has 5 nitrogen and oxygen atoms in total. The Kier molecular flexibility index (Phi) is 4.53. The van der Waals surface area contributed by atoms with Crippen LogP contribution in [0.3, 0.4) is 0 Å². The quantitative estimate of drug-likeness (QED) is 0.806. The molecule has 0 atom stereocenters. The summed E-state index contributed by atoms with van der Waals surface area (Å²) < 4.78 is 29.1. The molecule has 0 heterocycles. The summed E-state index contributed by atoms with van der Waals surface area (Å²) in [4.78, 5) is 11.6. The smallest absolute Gasteiger partial charge is 0.265 e. The van der Waals surface area contributed by atoms with Gasteiger partial charge in [0.25, 0.3) is 5.91 Å². The van der Waals surface area contributed by atoms with Gasteiger partial charge in [-0.05, 0) is 19.3 Å². The maximum Gasteiger partial charge on any atom is 0.265 e. The van der Waals surface area contributed by atoms with E-state index in [0.29, 0.717) is 6.61 Å². The number of amides is 1. The molecule has 1 amide bonds. The second-order valence-corrected chi connectivity index (χ2v) is 7.31. The Morgan fingerprint density at radius 2 is 1.62 bits per heavy atom. The first-order valence-corrected chi connectivity index (χ1v) is 6.89. The summed E-state index contributed by atoms with van der Waals surface area (Å²) in [6, 6.07) is 0. The van der Waals surface area contributed by atoms with E-state index in [0.717, 1.165) is 6.26 Å². The van der Waals surface area contributed by atoms with Crippen LogP contribution in [0.4, 0.5) is 0 Å². The van der Waals surface area contributed by atoms with Crippen LogP contribution in [0.2, 0.25) is 0 Å². The highest BCUT2D eigenvalue weighted by Crippen LogP contribution is 2.18. The van der Waals surface area contributed by atoms with E-state index in [2.05, 4.69) is 0 Å². The second-order valence-electron chi connectivity index (χ2n) is 5.56. The van der Waals surface area contributed by atoms with Gasteiger partial charge in [-0.15, -0.1) is 0 Å². The number of sulfonamides is 1. The molecule has 1 N–H and O–H groups in total. The molecule has 0 spiro atoms. The summed E-state index contributed by atoms with van der Waals surface area (Å²) in [5.74, 6) is -0.653. The van der Waals surface area contributed by atoms with Crippen LogP contribution >= 0.6 is 0 Å². The Labute approximate surface area is 97.6 Å². The topological polar surface area (TPSA) is 72.5 Å². The van der Waals surface area contributed by atoms with E-state index in [-0.39, 0.29) is 5.41 Å². The van der Waals surface area contributed by atoms with Crippen molar-refractivity contribution in [1.82, 2.24) is 4.72 Å². The van der Waals surface area contributed by atoms with E-state index in [1.807, 2.05) is 25.5 Å². The third kappa shape index (κ3) is 6.79. The van der Waals surface area contributed by atoms with Crippen molar-refractivity contribution in [2.75, 3.05) is 12.9 Å². The Balaban J connectivity index is 4.50. The largest absolute Gasteiger partial charge is 0.365 e. The van der Waals surface area contributed by atoms with Crippen LogP contribution in [0.5, 0.6) is 0 Å². The Bertz CT molecular complexity index is 352. The van der Waals surface area contributed by atoms with Gasteiger partial charge in [-0.1, -0.05) is 20.8 Å². The normalized spacial score (nSPS) is 13.6. The van der Waals surface area contributed by atoms with Gasteiger partial charge in [-0.3, -0.25) is 9.52 Å². The molecule has 0 aliphatic rings. The molecule has 0 unspecified atom stereocenters. The predicted octanol–water partition coefficient (Wildman–Crippen LogP) is 0.904. The Morgan fingerprint density at radius 1 is 1.19 bits per heavy atom. The number of carbonyl (C=O) groups is 1. The molecule has 0 aliphatic heterocycles. The summed E-state index contributed by atoms with van der Waals surface area (Å²) in [5, 5.41) is 0. The van der Waals surface area contributed by atoms with Gasteiger partial charge in [-0.25, -0.2) is 8.42 Å². The number of carbonyl (C=O) groups excluding carboxylic acids is 1. The average molecular weight is 251 g/mol. The monoisotopic (exact) mass is 251 g/mol. The van der Waals surface area contributed by atoms with Crippen LogP contribution in [0.1, 0.15) is 34.6 Å². The first-order chi connectivity index (χ1) is 6.83. The molecule has 0 aromatic rings. The standard InChI is InChI=1S/C10H21NO4S/c1-9(2,3)7-15-10(4,5)8(12)11-16(6,13)14/h7H2,1-6H3,(H,11,12). The Hall–Kier alpha value is -0.620. The lowest BCUT2D eigenvalue weighted by atomic mass is 9.98. The zero-order valence-electron chi connectivity index (χ0n) is 10.7. The molecule has 0 saturated carbocycles. The molecule has 0 fully saturated rings. The summed E-state index contributed by atoms with van der Waals surface area (Å²) in [6.07, 6.45) is 0.935. The van der Waals surface area contributed by atoms with Gasteiger partial charge in [0, 0.05) is 0 Å². The van der Waals surface area contributed by atoms with Gasteiger partial charge >= 0.3 is 0 Å². The summed E-state index contributed by atoms with van der Waals surface area (Å²) in [6.45, 7) is 9.36. The first kappa shape index (κ1) is 15.4. The maximum absolute atomic E-state index is 11.6. The van der Waals surface area contributed by atoms with Crippen molar-refractivity contribution in [3.8, 4) is 0 Å². The lowest BCUT2D eigenvalue weighted by molar-refractivity contribution is -0.143. The number of hydrogen-bond acceptors (Lipinski definition) is 4. The van der Waals surface area contributed by atoms with E-state index in [9.17, 15) is 13.2 Å². The van der Waals surface area contributed by atoms with E-state index in [1.54, 1.807) is 13.8 Å². The predicted molar refractivity (Wildman–Crippen MR) is 62.5 cm³/mol. The van der Waals surface area contributed by atoms with Crippen LogP contribution in [0.15, 0.2) is 0 Å². The second kappa shape index (κ2) is 4.71. The van der Waals surface area contributed by atoms with Crippen molar-refractivity contribution in [3.63, 3.8) is 0 Å². The minimum absolute atomic E-state index is 0.0807. The average Bonchev–Trinajstić information content (AvgIpc) is 1.96. The van der Waals surface area contributed by atoms with E-state index >= 15 is 0 Å². The summed E-state index contributed by atoms with van der Waals surface area (Å²) in [7, 11) is -3.54. The molecular weight excluding hydrogens is 230 g/mol. The molecule has 0 aromatic carbocycles. The van der Waals surface area contributed by atoms with Crippen molar-refractivity contribution in [2.45, 2.75) is 40.2 Å². The molecule has 0 aliphatic carbocycles. The van der Waals surface area contributed by atoms with Crippen LogP contribution in [-0.2, 0) is 19.6 Å². The van der Waals surface area contributed by atoms with Gasteiger partial charge in [0.2, 0.25) is 10.0 Å². The van der Waals surface area contributed by atoms with Gasteiger partial charge in [0.05, 0.1) is 12.9 Å². The number of rotatable bonds is 4. The van der Waals surface area contributed by atoms with Crippen molar-refractivity contribution < 1.29 is 17.9 Å². The van der Waals surface area contributed by atoms with Crippen LogP contribution < -0.4 is 4.72 Å². The zero-order chi connectivity index (χ0) is 13.2. The highest BCUT2D eigenvalue weighted by molar-refractivity contribution is 7.89. The van der Waals surface area contributed by atoms with E-state index in [4.69, 9.17) is 4.74 Å². The molecule has 0 bridgehead atoms. The van der Waals surface area contributed by atoms with Crippen LogP contribution in [-0.4, -0.2) is 32.8 Å². The fourth-order valence-electron chi connectivity index (χ4n) is 0.754. The maximum atomic E-state index is 11.6. The van der Waals surface area contributed by atoms with E-state index in [1.165, 1.54) is 0 Å². The highest BCUT2D eigenvalue weighted by atomic mass is 32.2. The van der Waals surface area contributed by atoms with Crippen molar-refractivity contribution >= 4 is 15.9 Å². The van der Waals surface area contributed by atoms with Crippen LogP contribution in [0.25, 0.3) is 0 Å². The molecular formula is C10H21NO4S. The van der Waals surface area contributed by atoms with Gasteiger partial charge in [0.15, 0.2) is 0 Å². The minimum Gasteiger partial charge on any atom is -0.365 e. The zero-order valence-corrected chi connectivity index (χ0v) is 11.6. The fraction of sp³-hybridized carbons (Fsp3) is 0.900. The lowest BCUT2D eigenvalue weighted by Gasteiger charge is -2.28. The third-order valence-corrected chi connectivity index (χ3v) is 2.25. The fourth-order valence-corrected chi connectivity index (χ4v) is 1.34. The van der Waals surface area contributed by atoms with Gasteiger partial charge in [-0.2, -0.15) is 0 Å². The van der Waals surface area contributed by atoms with Crippen LogP contribution in [0, 0.1) is 5.41 Å². The number of ether oxygens (including phenoxy) is 1. The number of nitrogens with one attached hydrogen (secondary N) is 1. The highest BCUT2D eigenvalue weighted by Gasteiger charge is 2.31. The first-order valence-electron chi connectivity index (χ1n) is 5.00. The van der Waals surface area contributed by atoms with Gasteiger partial charge in [0.1, 0.15) is 5.60 Å². The third-order valence-electron chi connectivity index (χ3n) is 1.69. The summed E-state index contributed by atoms with van der Waals surface area (Å²) >= 11 is 0. The van der Waals surface area contributed by atoms with Crippen molar-refractivity contribution in [3.05, 3.63) is 0 Å². The summed E-state index contributed by atoms with van der Waals surface area (Å²) in [5.41, 5.74) is -1.24. The molecule has 96 valence electrons. The van der Waals surface area contributed by atoms with E-state index < -0.39 is 21.5 Å². The van der Waals surface area contributed by atoms with Crippen molar-refractivity contribution in [1.29, 1.82) is 0 Å².